The molecule has 0 radical (unpaired) electrons. The summed E-state index contributed by atoms with van der Waals surface area (Å²) in [6.07, 6.45) is 1.23. The van der Waals surface area contributed by atoms with E-state index < -0.39 is 28.5 Å². The van der Waals surface area contributed by atoms with Crippen molar-refractivity contribution in [1.29, 1.82) is 0 Å². The maximum Gasteiger partial charge on any atom is 0.294 e. The third kappa shape index (κ3) is 6.57. The number of nitro groups is 1. The Balaban J connectivity index is 1.54. The summed E-state index contributed by atoms with van der Waals surface area (Å²) >= 11 is 6.65. The molecule has 39 heavy (non-hydrogen) atoms. The van der Waals surface area contributed by atoms with Crippen LogP contribution in [0.5, 0.6) is 11.5 Å². The van der Waals surface area contributed by atoms with Crippen LogP contribution in [0.2, 0.25) is 5.02 Å². The van der Waals surface area contributed by atoms with Gasteiger partial charge < -0.3 is 14.8 Å². The molecule has 0 spiro atoms. The van der Waals surface area contributed by atoms with E-state index in [1.807, 2.05) is 37.3 Å². The minimum atomic E-state index is -0.750. The smallest absolute Gasteiger partial charge is 0.294 e. The standard InChI is InChI=1S/C27H22ClN3O7S/c1-16-8-9-19(12-20(16)28)29-25(32)14-30-26(33)24(39-27(30)34)11-18-10-22(37-2)23(13-21(18)31(35)36)38-15-17-6-4-3-5-7-17/h3-13H,14-15H2,1-2H3,(H,29,32)/b24-11+. The molecular formula is C27H22ClN3O7S. The number of anilines is 1. The molecule has 0 atom stereocenters. The zero-order valence-corrected chi connectivity index (χ0v) is 22.4. The van der Waals surface area contributed by atoms with Gasteiger partial charge in [-0.3, -0.25) is 29.4 Å². The second kappa shape index (κ2) is 12.0. The first-order valence-corrected chi connectivity index (χ1v) is 12.7. The van der Waals surface area contributed by atoms with Crippen molar-refractivity contribution >= 4 is 57.9 Å². The number of methoxy groups -OCH3 is 1. The molecular weight excluding hydrogens is 546 g/mol. The number of aryl methyl sites for hydroxylation is 1. The van der Waals surface area contributed by atoms with Crippen molar-refractivity contribution < 1.29 is 28.8 Å². The predicted molar refractivity (Wildman–Crippen MR) is 148 cm³/mol. The molecule has 0 aliphatic carbocycles. The molecule has 1 aliphatic heterocycles. The average Bonchev–Trinajstić information content (AvgIpc) is 3.17. The van der Waals surface area contributed by atoms with Crippen molar-refractivity contribution in [2.45, 2.75) is 13.5 Å². The van der Waals surface area contributed by atoms with Crippen molar-refractivity contribution in [2.24, 2.45) is 0 Å². The number of ether oxygens (including phenoxy) is 2. The zero-order valence-electron chi connectivity index (χ0n) is 20.8. The van der Waals surface area contributed by atoms with Crippen LogP contribution in [0.4, 0.5) is 16.2 Å². The lowest BCUT2D eigenvalue weighted by molar-refractivity contribution is -0.385. The number of benzene rings is 3. The molecule has 4 rings (SSSR count). The van der Waals surface area contributed by atoms with Gasteiger partial charge in [-0.15, -0.1) is 0 Å². The van der Waals surface area contributed by atoms with Crippen molar-refractivity contribution in [1.82, 2.24) is 4.90 Å². The molecule has 1 N–H and O–H groups in total. The summed E-state index contributed by atoms with van der Waals surface area (Å²) in [6.45, 7) is 1.43. The van der Waals surface area contributed by atoms with Gasteiger partial charge in [0.1, 0.15) is 13.2 Å². The van der Waals surface area contributed by atoms with E-state index in [1.165, 1.54) is 25.3 Å². The van der Waals surface area contributed by atoms with Gasteiger partial charge in [0.25, 0.3) is 16.8 Å². The van der Waals surface area contributed by atoms with E-state index in [4.69, 9.17) is 21.1 Å². The predicted octanol–water partition coefficient (Wildman–Crippen LogP) is 5.82. The Morgan fingerprint density at radius 3 is 2.54 bits per heavy atom. The number of halogens is 1. The topological polar surface area (TPSA) is 128 Å². The Morgan fingerprint density at radius 2 is 1.87 bits per heavy atom. The van der Waals surface area contributed by atoms with E-state index in [1.54, 1.807) is 18.2 Å². The molecule has 1 aliphatic rings. The lowest BCUT2D eigenvalue weighted by Crippen LogP contribution is -2.36. The van der Waals surface area contributed by atoms with Gasteiger partial charge in [-0.05, 0) is 54.1 Å². The fourth-order valence-corrected chi connectivity index (χ4v) is 4.65. The van der Waals surface area contributed by atoms with E-state index >= 15 is 0 Å². The molecule has 0 bridgehead atoms. The zero-order chi connectivity index (χ0) is 28.1. The molecule has 3 aromatic carbocycles. The molecule has 0 saturated carbocycles. The van der Waals surface area contributed by atoms with Crippen LogP contribution in [0, 0.1) is 17.0 Å². The minimum absolute atomic E-state index is 0.0353. The summed E-state index contributed by atoms with van der Waals surface area (Å²) in [7, 11) is 1.38. The fraction of sp³-hybridized carbons (Fsp3) is 0.148. The quantitative estimate of drug-likeness (QED) is 0.195. The number of nitrogens with one attached hydrogen (secondary N) is 1. The van der Waals surface area contributed by atoms with E-state index in [0.29, 0.717) is 22.5 Å². The first-order chi connectivity index (χ1) is 18.7. The molecule has 10 nitrogen and oxygen atoms in total. The van der Waals surface area contributed by atoms with Gasteiger partial charge >= 0.3 is 0 Å². The summed E-state index contributed by atoms with van der Waals surface area (Å²) in [5, 5.41) is 14.2. The van der Waals surface area contributed by atoms with Gasteiger partial charge in [-0.25, -0.2) is 0 Å². The summed E-state index contributed by atoms with van der Waals surface area (Å²) < 4.78 is 11.1. The van der Waals surface area contributed by atoms with Gasteiger partial charge in [0.15, 0.2) is 11.5 Å². The van der Waals surface area contributed by atoms with Crippen LogP contribution in [0.15, 0.2) is 65.6 Å². The first-order valence-electron chi connectivity index (χ1n) is 11.5. The number of hydrogen-bond donors (Lipinski definition) is 1. The molecule has 0 aromatic heterocycles. The van der Waals surface area contributed by atoms with Gasteiger partial charge in [-0.2, -0.15) is 0 Å². The number of carbonyl (C=O) groups is 3. The Bertz CT molecular complexity index is 1490. The van der Waals surface area contributed by atoms with Crippen LogP contribution in [-0.4, -0.2) is 40.5 Å². The van der Waals surface area contributed by atoms with Crippen molar-refractivity contribution in [3.05, 3.63) is 97.4 Å². The summed E-state index contributed by atoms with van der Waals surface area (Å²) in [5.41, 5.74) is 1.78. The van der Waals surface area contributed by atoms with Crippen LogP contribution in [-0.2, 0) is 16.2 Å². The SMILES string of the molecule is COc1cc(/C=C2/SC(=O)N(CC(=O)Nc3ccc(C)c(Cl)c3)C2=O)c([N+](=O)[O-])cc1OCc1ccccc1. The van der Waals surface area contributed by atoms with Gasteiger partial charge in [-0.1, -0.05) is 48.0 Å². The molecule has 3 aromatic rings. The average molecular weight is 568 g/mol. The van der Waals surface area contributed by atoms with Crippen molar-refractivity contribution in [2.75, 3.05) is 19.0 Å². The van der Waals surface area contributed by atoms with Crippen molar-refractivity contribution in [3.63, 3.8) is 0 Å². The second-order valence-electron chi connectivity index (χ2n) is 8.37. The van der Waals surface area contributed by atoms with Crippen LogP contribution in [0.25, 0.3) is 6.08 Å². The lowest BCUT2D eigenvalue weighted by Gasteiger charge is -2.13. The minimum Gasteiger partial charge on any atom is -0.493 e. The van der Waals surface area contributed by atoms with E-state index in [0.717, 1.165) is 16.0 Å². The second-order valence-corrected chi connectivity index (χ2v) is 9.77. The number of carbonyl (C=O) groups excluding carboxylic acids is 3. The van der Waals surface area contributed by atoms with E-state index in [9.17, 15) is 24.5 Å². The number of rotatable bonds is 9. The van der Waals surface area contributed by atoms with E-state index in [2.05, 4.69) is 5.32 Å². The highest BCUT2D eigenvalue weighted by atomic mass is 35.5. The monoisotopic (exact) mass is 567 g/mol. The number of amides is 3. The highest BCUT2D eigenvalue weighted by Gasteiger charge is 2.37. The molecule has 200 valence electrons. The van der Waals surface area contributed by atoms with Gasteiger partial charge in [0.05, 0.1) is 28.6 Å². The van der Waals surface area contributed by atoms with Crippen LogP contribution < -0.4 is 14.8 Å². The van der Waals surface area contributed by atoms with E-state index in [-0.39, 0.29) is 34.3 Å². The highest BCUT2D eigenvalue weighted by Crippen LogP contribution is 2.39. The van der Waals surface area contributed by atoms with Crippen LogP contribution in [0.3, 0.4) is 0 Å². The Morgan fingerprint density at radius 1 is 1.13 bits per heavy atom. The largest absolute Gasteiger partial charge is 0.493 e. The maximum atomic E-state index is 13.0. The summed E-state index contributed by atoms with van der Waals surface area (Å²) in [5.74, 6) is -1.00. The Labute approximate surface area is 232 Å². The Hall–Kier alpha value is -4.35. The summed E-state index contributed by atoms with van der Waals surface area (Å²) in [6, 6.07) is 16.7. The third-order valence-electron chi connectivity index (χ3n) is 5.66. The highest BCUT2D eigenvalue weighted by molar-refractivity contribution is 8.18. The molecule has 12 heteroatoms. The van der Waals surface area contributed by atoms with Crippen LogP contribution >= 0.6 is 23.4 Å². The van der Waals surface area contributed by atoms with Gasteiger partial charge in [0.2, 0.25) is 5.91 Å². The number of thioether (sulfide) groups is 1. The third-order valence-corrected chi connectivity index (χ3v) is 6.98. The lowest BCUT2D eigenvalue weighted by atomic mass is 10.1. The first kappa shape index (κ1) is 27.7. The maximum absolute atomic E-state index is 13.0. The normalized spacial score (nSPS) is 14.0. The number of hydrogen-bond acceptors (Lipinski definition) is 8. The summed E-state index contributed by atoms with van der Waals surface area (Å²) in [4.78, 5) is 49.9. The van der Waals surface area contributed by atoms with Gasteiger partial charge in [0, 0.05) is 10.7 Å². The number of nitro benzene ring substituents is 1. The number of imide groups is 1. The fourth-order valence-electron chi connectivity index (χ4n) is 3.64. The molecule has 0 unspecified atom stereocenters. The van der Waals surface area contributed by atoms with Crippen molar-refractivity contribution in [3.8, 4) is 11.5 Å². The molecule has 1 heterocycles. The Kier molecular flexibility index (Phi) is 8.52. The molecule has 3 amide bonds. The molecule has 1 fully saturated rings. The molecule has 1 saturated heterocycles. The number of nitrogens with zero attached hydrogens (tertiary/aromatic N) is 2. The van der Waals surface area contributed by atoms with Crippen LogP contribution in [0.1, 0.15) is 16.7 Å².